The van der Waals surface area contributed by atoms with Gasteiger partial charge in [0.05, 0.1) is 12.1 Å². The Hall–Kier alpha value is -1.74. The molecule has 205 valence electrons. The maximum atomic E-state index is 11.9. The van der Waals surface area contributed by atoms with Crippen LogP contribution in [0.2, 0.25) is 0 Å². The average molecular weight is 828 g/mol. The van der Waals surface area contributed by atoms with E-state index >= 15 is 0 Å². The van der Waals surface area contributed by atoms with Gasteiger partial charge in [-0.15, -0.1) is 0 Å². The molecule has 0 spiro atoms. The predicted molar refractivity (Wildman–Crippen MR) is 167 cm³/mol. The van der Waals surface area contributed by atoms with E-state index in [0.717, 1.165) is 20.1 Å². The fourth-order valence-electron chi connectivity index (χ4n) is 3.37. The molecular formula is C30H24Br4CuN2O2. The maximum Gasteiger partial charge on any atom is 2.00 e. The van der Waals surface area contributed by atoms with Gasteiger partial charge in [0.1, 0.15) is 0 Å². The summed E-state index contributed by atoms with van der Waals surface area (Å²) in [5.41, 5.74) is 3.40. The molecule has 0 amide bonds. The second kappa shape index (κ2) is 16.5. The molecule has 0 aromatic heterocycles. The van der Waals surface area contributed by atoms with Crippen LogP contribution in [0.25, 0.3) is 0 Å². The number of aliphatic imine (C=N–C) groups is 2. The Morgan fingerprint density at radius 1 is 0.590 bits per heavy atom. The third-order valence-electron chi connectivity index (χ3n) is 5.51. The van der Waals surface area contributed by atoms with Gasteiger partial charge in [0, 0.05) is 30.3 Å². The molecule has 0 heterocycles. The zero-order chi connectivity index (χ0) is 27.7. The van der Waals surface area contributed by atoms with E-state index in [1.165, 1.54) is 0 Å². The van der Waals surface area contributed by atoms with Crippen LogP contribution in [0.5, 0.6) is 11.5 Å². The van der Waals surface area contributed by atoms with Crippen molar-refractivity contribution < 1.29 is 27.3 Å². The van der Waals surface area contributed by atoms with E-state index < -0.39 is 0 Å². The van der Waals surface area contributed by atoms with E-state index in [-0.39, 0.29) is 40.7 Å². The molecule has 0 bridgehead atoms. The molecule has 0 saturated heterocycles. The Kier molecular flexibility index (Phi) is 14.2. The third-order valence-corrected chi connectivity index (χ3v) is 7.61. The first-order valence-corrected chi connectivity index (χ1v) is 14.8. The Bertz CT molecular complexity index is 1310. The van der Waals surface area contributed by atoms with Gasteiger partial charge in [-0.3, -0.25) is 9.98 Å². The minimum Gasteiger partial charge on any atom is -0.871 e. The Labute approximate surface area is 273 Å². The molecule has 0 fully saturated rings. The summed E-state index contributed by atoms with van der Waals surface area (Å²) >= 11 is 13.2. The van der Waals surface area contributed by atoms with Crippen LogP contribution in [-0.2, 0) is 17.1 Å². The van der Waals surface area contributed by atoms with Gasteiger partial charge in [-0.2, -0.15) is 0 Å². The molecule has 1 radical (unpaired) electrons. The first-order chi connectivity index (χ1) is 18.2. The Morgan fingerprint density at radius 3 is 1.26 bits per heavy atom. The number of rotatable bonds is 6. The zero-order valence-corrected chi connectivity index (χ0v) is 28.2. The van der Waals surface area contributed by atoms with Crippen LogP contribution in [0.3, 0.4) is 0 Å². The van der Waals surface area contributed by atoms with Crippen molar-refractivity contribution in [1.29, 1.82) is 0 Å². The molecule has 9 heteroatoms. The summed E-state index contributed by atoms with van der Waals surface area (Å²) in [5, 5.41) is 23.8. The second-order valence-corrected chi connectivity index (χ2v) is 11.9. The number of hydrogen-bond acceptors (Lipinski definition) is 4. The Morgan fingerprint density at radius 2 is 0.923 bits per heavy atom. The molecule has 0 aliphatic rings. The second-order valence-electron chi connectivity index (χ2n) is 8.34. The molecule has 0 saturated carbocycles. The minimum atomic E-state index is -0.0489. The van der Waals surface area contributed by atoms with Gasteiger partial charge < -0.3 is 10.2 Å². The van der Waals surface area contributed by atoms with Crippen molar-refractivity contribution >= 4 is 76.1 Å². The third kappa shape index (κ3) is 10.3. The maximum absolute atomic E-state index is 11.9. The van der Waals surface area contributed by atoms with Gasteiger partial charge >= 0.3 is 17.1 Å². The van der Waals surface area contributed by atoms with Gasteiger partial charge in [-0.1, -0.05) is 136 Å². The van der Waals surface area contributed by atoms with Crippen LogP contribution in [0.1, 0.15) is 48.2 Å². The normalized spacial score (nSPS) is 12.5. The van der Waals surface area contributed by atoms with Gasteiger partial charge in [-0.05, 0) is 60.4 Å². The number of nitrogens with zero attached hydrogens (tertiary/aromatic N) is 2. The summed E-state index contributed by atoms with van der Waals surface area (Å²) in [5.74, 6) is -0.0978. The van der Waals surface area contributed by atoms with Crippen molar-refractivity contribution in [3.05, 3.63) is 125 Å². The summed E-state index contributed by atoms with van der Waals surface area (Å²) in [6.07, 6.45) is 3.27. The number of halogens is 4. The van der Waals surface area contributed by atoms with E-state index in [4.69, 9.17) is 0 Å². The molecule has 4 rings (SSSR count). The largest absolute Gasteiger partial charge is 2.00 e. The van der Waals surface area contributed by atoms with E-state index in [0.29, 0.717) is 20.1 Å². The van der Waals surface area contributed by atoms with Crippen molar-refractivity contribution in [2.75, 3.05) is 0 Å². The van der Waals surface area contributed by atoms with Crippen molar-refractivity contribution in [2.24, 2.45) is 9.98 Å². The summed E-state index contributed by atoms with van der Waals surface area (Å²) in [6, 6.07) is 27.0. The number of hydrogen-bond donors (Lipinski definition) is 0. The standard InChI is InChI=1S/2C15H13Br2NO.Cu/c2*1-10(11-5-3-2-4-6-11)18-9-12-7-13(16)8-14(17)15(12)19;/h2*2-10,19H,1H3;/q;;+2/p-2/t2*10-;/m11./s1. The zero-order valence-electron chi connectivity index (χ0n) is 20.9. The van der Waals surface area contributed by atoms with Gasteiger partial charge in [0.15, 0.2) is 0 Å². The van der Waals surface area contributed by atoms with Crippen molar-refractivity contribution in [3.63, 3.8) is 0 Å². The van der Waals surface area contributed by atoms with Gasteiger partial charge in [0.25, 0.3) is 0 Å². The van der Waals surface area contributed by atoms with Crippen LogP contribution >= 0.6 is 63.7 Å². The fraction of sp³-hybridized carbons (Fsp3) is 0.133. The van der Waals surface area contributed by atoms with Crippen molar-refractivity contribution in [2.45, 2.75) is 25.9 Å². The van der Waals surface area contributed by atoms with E-state index in [1.807, 2.05) is 74.5 Å². The molecule has 4 aromatic carbocycles. The average Bonchev–Trinajstić information content (AvgIpc) is 2.92. The molecular weight excluding hydrogens is 804 g/mol. The van der Waals surface area contributed by atoms with Crippen molar-refractivity contribution in [3.8, 4) is 11.5 Å². The van der Waals surface area contributed by atoms with E-state index in [2.05, 4.69) is 73.7 Å². The van der Waals surface area contributed by atoms with Crippen molar-refractivity contribution in [1.82, 2.24) is 0 Å². The smallest absolute Gasteiger partial charge is 0.871 e. The van der Waals surface area contributed by atoms with Gasteiger partial charge in [-0.25, -0.2) is 0 Å². The first-order valence-electron chi connectivity index (χ1n) is 11.6. The quantitative estimate of drug-likeness (QED) is 0.144. The van der Waals surface area contributed by atoms with Crippen LogP contribution in [-0.4, -0.2) is 12.4 Å². The predicted octanol–water partition coefficient (Wildman–Crippen LogP) is 8.93. The van der Waals surface area contributed by atoms with Crippen LogP contribution in [0, 0.1) is 0 Å². The van der Waals surface area contributed by atoms with E-state index in [1.54, 1.807) is 36.7 Å². The molecule has 0 unspecified atom stereocenters. The molecule has 0 aliphatic carbocycles. The molecule has 0 aliphatic heterocycles. The SMILES string of the molecule is C[C@@H](N=Cc1cc(Br)cc(Br)c1[O-])c1ccccc1.C[C@@H](N=Cc1cc(Br)cc(Br)c1[O-])c1ccccc1.[Cu+2]. The molecule has 2 atom stereocenters. The first kappa shape index (κ1) is 33.5. The van der Waals surface area contributed by atoms with Crippen LogP contribution < -0.4 is 10.2 Å². The summed E-state index contributed by atoms with van der Waals surface area (Å²) in [4.78, 5) is 8.88. The van der Waals surface area contributed by atoms with Gasteiger partial charge in [0.2, 0.25) is 0 Å². The summed E-state index contributed by atoms with van der Waals surface area (Å²) in [7, 11) is 0. The van der Waals surface area contributed by atoms with E-state index in [9.17, 15) is 10.2 Å². The van der Waals surface area contributed by atoms with Crippen LogP contribution in [0.4, 0.5) is 0 Å². The molecule has 4 aromatic rings. The minimum absolute atomic E-state index is 0. The van der Waals surface area contributed by atoms with Crippen LogP contribution in [0.15, 0.2) is 113 Å². The number of benzene rings is 4. The monoisotopic (exact) mass is 823 g/mol. The Balaban J connectivity index is 0.000000267. The molecule has 39 heavy (non-hydrogen) atoms. The summed E-state index contributed by atoms with van der Waals surface area (Å²) in [6.45, 7) is 4.01. The fourth-order valence-corrected chi connectivity index (χ4v) is 5.89. The summed E-state index contributed by atoms with van der Waals surface area (Å²) < 4.78 is 2.78. The topological polar surface area (TPSA) is 70.8 Å². The molecule has 4 nitrogen and oxygen atoms in total. The molecule has 0 N–H and O–H groups in total.